The third kappa shape index (κ3) is 12.3. The van der Waals surface area contributed by atoms with Crippen molar-refractivity contribution in [2.24, 2.45) is 17.8 Å². The molecule has 4 fully saturated rings. The molecule has 9 aromatic heterocycles. The first-order chi connectivity index (χ1) is 49.5. The minimum absolute atomic E-state index is 0.233. The van der Waals surface area contributed by atoms with Crippen molar-refractivity contribution in [3.63, 3.8) is 0 Å². The maximum atomic E-state index is 9.43. The number of likely N-dealkylation sites (tertiary alicyclic amines) is 1. The summed E-state index contributed by atoms with van der Waals surface area (Å²) in [4.78, 5) is 48.1. The van der Waals surface area contributed by atoms with E-state index in [-0.39, 0.29) is 6.61 Å². The molecule has 1 aliphatic heterocycles. The number of rotatable bonds is 14. The number of nitrogens with zero attached hydrogens (tertiary/aromatic N) is 14. The van der Waals surface area contributed by atoms with Crippen LogP contribution in [0.5, 0.6) is 0 Å². The van der Waals surface area contributed by atoms with Crippen LogP contribution in [0, 0.1) is 17.8 Å². The molecule has 19 rings (SSSR count). The van der Waals surface area contributed by atoms with Gasteiger partial charge in [0.05, 0.1) is 33.6 Å². The van der Waals surface area contributed by atoms with Crippen molar-refractivity contribution in [3.05, 3.63) is 237 Å². The molecular formula is C83H79N17O. The number of pyridine rings is 3. The average molecular weight is 1330 g/mol. The number of hydrogen-bond acceptors (Lipinski definition) is 15. The number of hydrogen-bond donors (Lipinski definition) is 4. The van der Waals surface area contributed by atoms with Gasteiger partial charge in [-0.15, -0.1) is 0 Å². The lowest BCUT2D eigenvalue weighted by Crippen LogP contribution is -2.43. The first-order valence-electron chi connectivity index (χ1n) is 35.3. The summed E-state index contributed by atoms with van der Waals surface area (Å²) >= 11 is 0. The lowest BCUT2D eigenvalue weighted by atomic mass is 9.74. The summed E-state index contributed by atoms with van der Waals surface area (Å²) in [5.41, 5.74) is 36.3. The number of aliphatic hydroxyl groups excluding tert-OH is 1. The Morgan fingerprint density at radius 1 is 0.396 bits per heavy atom. The summed E-state index contributed by atoms with van der Waals surface area (Å²) in [5.74, 6) is 7.74. The minimum atomic E-state index is 0.233. The van der Waals surface area contributed by atoms with E-state index in [1.807, 2.05) is 73.2 Å². The topological polar surface area (TPSA) is 234 Å². The molecule has 3 saturated carbocycles. The summed E-state index contributed by atoms with van der Waals surface area (Å²) in [7, 11) is 4.28. The molecule has 0 atom stereocenters. The van der Waals surface area contributed by atoms with Crippen molar-refractivity contribution in [2.75, 3.05) is 64.1 Å². The van der Waals surface area contributed by atoms with E-state index in [0.717, 1.165) is 178 Å². The van der Waals surface area contributed by atoms with Crippen LogP contribution in [0.25, 0.3) is 117 Å². The Kier molecular flexibility index (Phi) is 16.7. The Morgan fingerprint density at radius 3 is 1.06 bits per heavy atom. The van der Waals surface area contributed by atoms with E-state index in [4.69, 9.17) is 47.1 Å². The third-order valence-corrected chi connectivity index (χ3v) is 21.1. The van der Waals surface area contributed by atoms with Gasteiger partial charge in [-0.3, -0.25) is 13.2 Å². The van der Waals surface area contributed by atoms with E-state index in [2.05, 4.69) is 179 Å². The van der Waals surface area contributed by atoms with E-state index in [1.54, 1.807) is 18.6 Å². The van der Waals surface area contributed by atoms with Crippen molar-refractivity contribution in [2.45, 2.75) is 62.7 Å². The fourth-order valence-electron chi connectivity index (χ4n) is 15.6. The Bertz CT molecular complexity index is 5540. The molecule has 3 aliphatic carbocycles. The highest BCUT2D eigenvalue weighted by Gasteiger charge is 2.38. The molecule has 0 amide bonds. The van der Waals surface area contributed by atoms with Crippen molar-refractivity contribution >= 4 is 66.7 Å². The number of imidazole rings is 3. The number of aromatic nitrogens is 12. The smallest absolute Gasteiger partial charge is 0.150 e. The van der Waals surface area contributed by atoms with Crippen LogP contribution in [-0.2, 0) is 0 Å². The number of benzene rings is 6. The highest BCUT2D eigenvalue weighted by molar-refractivity contribution is 5.94. The van der Waals surface area contributed by atoms with Crippen molar-refractivity contribution < 1.29 is 5.11 Å². The normalized spacial score (nSPS) is 18.8. The first-order valence-corrected chi connectivity index (χ1v) is 35.3. The van der Waals surface area contributed by atoms with Crippen LogP contribution in [0.3, 0.4) is 0 Å². The molecule has 0 radical (unpaired) electrons. The number of aliphatic hydroxyl groups is 1. The zero-order valence-electron chi connectivity index (χ0n) is 56.7. The molecule has 0 spiro atoms. The van der Waals surface area contributed by atoms with Gasteiger partial charge in [0.2, 0.25) is 0 Å². The Labute approximate surface area is 585 Å². The van der Waals surface area contributed by atoms with Crippen LogP contribution in [0.1, 0.15) is 80.2 Å². The van der Waals surface area contributed by atoms with Crippen molar-refractivity contribution in [3.8, 4) is 67.5 Å². The molecule has 18 nitrogen and oxygen atoms in total. The van der Waals surface area contributed by atoms with E-state index < -0.39 is 0 Å². The molecule has 502 valence electrons. The summed E-state index contributed by atoms with van der Waals surface area (Å²) in [6.07, 6.45) is 19.1. The second kappa shape index (κ2) is 26.7. The molecule has 7 N–H and O–H groups in total. The molecule has 10 heterocycles. The highest BCUT2D eigenvalue weighted by Crippen LogP contribution is 2.47. The number of nitrogens with two attached hydrogens (primary N) is 3. The van der Waals surface area contributed by atoms with Crippen LogP contribution in [-0.4, -0.2) is 120 Å². The van der Waals surface area contributed by atoms with Gasteiger partial charge in [-0.05, 0) is 126 Å². The van der Waals surface area contributed by atoms with Gasteiger partial charge >= 0.3 is 0 Å². The van der Waals surface area contributed by atoms with Crippen LogP contribution in [0.4, 0.5) is 17.5 Å². The average Bonchev–Trinajstić information content (AvgIpc) is 1.76. The Hall–Kier alpha value is -11.3. The van der Waals surface area contributed by atoms with Crippen LogP contribution in [0.2, 0.25) is 0 Å². The fourth-order valence-corrected chi connectivity index (χ4v) is 15.6. The lowest BCUT2D eigenvalue weighted by Gasteiger charge is -2.41. The van der Waals surface area contributed by atoms with Gasteiger partial charge in [0.1, 0.15) is 68.6 Å². The van der Waals surface area contributed by atoms with Gasteiger partial charge in [0, 0.05) is 124 Å². The largest absolute Gasteiger partial charge is 0.396 e. The number of nitrogen functional groups attached to an aromatic ring is 3. The lowest BCUT2D eigenvalue weighted by molar-refractivity contribution is 0.107. The van der Waals surface area contributed by atoms with E-state index in [0.29, 0.717) is 41.1 Å². The molecule has 0 unspecified atom stereocenters. The summed E-state index contributed by atoms with van der Waals surface area (Å²) in [5, 5.41) is 12.7. The Balaban J connectivity index is 0.000000113. The van der Waals surface area contributed by atoms with Gasteiger partial charge in [0.25, 0.3) is 0 Å². The van der Waals surface area contributed by atoms with Crippen LogP contribution >= 0.6 is 0 Å². The standard InChI is InChI=1S/C29H28N6.C28H28N6.C26H23N5O/c30-28-27-26(22-8-7-21-9-10-24(32-25(21)17-22)20-5-2-1-3-6-20)33-29(35(27)14-11-31-28)23-15-19(16-23)18-34-12-4-13-34;1-33(2)17-18-14-22(15-18)28-32-25(26-27(29)30-12-13-34(26)28)21-9-8-20-10-11-23(31-24(20)16-21)19-6-4-3-5-7-19;27-25-24-23(30-26(31(24)11-10-28-25)20-12-16(13-20)15-32)19-7-6-18-8-9-21(29-22(18)14-19)17-4-2-1-3-5-17/h1-3,5-11,14,17,19,23H,4,12-13,15-16,18H2,(H2,30,31);3-13,16,18,22H,14-15,17H2,1-2H3,(H2,29,30);1-11,14,16,20,32H,12-13,15H2,(H2,27,28). The number of fused-ring (bicyclic) bond motifs is 6. The zero-order chi connectivity index (χ0) is 68.2. The maximum Gasteiger partial charge on any atom is 0.150 e. The summed E-state index contributed by atoms with van der Waals surface area (Å²) in [6.45, 7) is 5.12. The van der Waals surface area contributed by atoms with Gasteiger partial charge in [-0.1, -0.05) is 146 Å². The van der Waals surface area contributed by atoms with E-state index in [1.165, 1.54) is 38.9 Å². The van der Waals surface area contributed by atoms with Crippen molar-refractivity contribution in [1.82, 2.24) is 67.9 Å². The molecule has 0 bridgehead atoms. The predicted octanol–water partition coefficient (Wildman–Crippen LogP) is 15.3. The highest BCUT2D eigenvalue weighted by atomic mass is 16.3. The quantitative estimate of drug-likeness (QED) is 0.0793. The SMILES string of the molecule is CN(C)CC1CC(c2nc(-c3ccc4ccc(-c5ccccc5)nc4c3)c3c(N)nccn23)C1.Nc1nccn2c(C3CC(CN4CCC4)C3)nc(-c3ccc4ccc(-c5ccccc5)nc4c3)c12.Nc1nccn2c(C3CC(CO)C3)nc(-c3ccc4ccc(-c5ccccc5)nc4c3)c12. The second-order valence-electron chi connectivity index (χ2n) is 28.2. The maximum absolute atomic E-state index is 9.43. The molecule has 4 aliphatic rings. The zero-order valence-corrected chi connectivity index (χ0v) is 56.7. The van der Waals surface area contributed by atoms with Gasteiger partial charge in [-0.2, -0.15) is 0 Å². The molecule has 101 heavy (non-hydrogen) atoms. The number of anilines is 3. The third-order valence-electron chi connectivity index (χ3n) is 21.1. The van der Waals surface area contributed by atoms with E-state index in [9.17, 15) is 5.11 Å². The minimum Gasteiger partial charge on any atom is -0.396 e. The van der Waals surface area contributed by atoms with Gasteiger partial charge < -0.3 is 32.1 Å². The van der Waals surface area contributed by atoms with Crippen LogP contribution in [0.15, 0.2) is 219 Å². The summed E-state index contributed by atoms with van der Waals surface area (Å²) < 4.78 is 6.38. The predicted molar refractivity (Wildman–Crippen MR) is 404 cm³/mol. The first kappa shape index (κ1) is 63.2. The van der Waals surface area contributed by atoms with Crippen molar-refractivity contribution in [1.29, 1.82) is 0 Å². The van der Waals surface area contributed by atoms with Gasteiger partial charge in [0.15, 0.2) is 0 Å². The van der Waals surface area contributed by atoms with Crippen LogP contribution < -0.4 is 17.2 Å². The fraction of sp³-hybridized carbons (Fsp3) is 0.241. The monoisotopic (exact) mass is 1330 g/mol. The molecule has 15 aromatic rings. The van der Waals surface area contributed by atoms with Gasteiger partial charge in [-0.25, -0.2) is 44.9 Å². The summed E-state index contributed by atoms with van der Waals surface area (Å²) in [6, 6.07) is 62.3. The molecule has 18 heteroatoms. The molecular weight excluding hydrogens is 1250 g/mol. The Morgan fingerprint density at radius 2 is 0.733 bits per heavy atom. The van der Waals surface area contributed by atoms with E-state index >= 15 is 0 Å². The molecule has 6 aromatic carbocycles. The second-order valence-corrected chi connectivity index (χ2v) is 28.2. The molecule has 1 saturated heterocycles.